The van der Waals surface area contributed by atoms with Crippen LogP contribution < -0.4 is 16.2 Å². The number of benzene rings is 1. The van der Waals surface area contributed by atoms with Crippen LogP contribution in [0.3, 0.4) is 0 Å². The standard InChI is InChI=1S/C17H18Cl2N4O3/c1-9-4-10(2)16(11(3)5-9)22-13(24)7-20-14(25)8-23-17(26)15(19)12(18)6-21-23/h4-6H,7-8H2,1-3H3,(H,20,25)(H,22,24). The van der Waals surface area contributed by atoms with Gasteiger partial charge in [-0.15, -0.1) is 0 Å². The van der Waals surface area contributed by atoms with Crippen LogP contribution in [0.25, 0.3) is 0 Å². The summed E-state index contributed by atoms with van der Waals surface area (Å²) in [6.45, 7) is 5.17. The second-order valence-electron chi connectivity index (χ2n) is 5.87. The van der Waals surface area contributed by atoms with Crippen LogP contribution in [0.1, 0.15) is 16.7 Å². The molecule has 0 bridgehead atoms. The zero-order chi connectivity index (χ0) is 19.4. The molecule has 0 fully saturated rings. The molecule has 0 radical (unpaired) electrons. The Hall–Kier alpha value is -2.38. The largest absolute Gasteiger partial charge is 0.345 e. The highest BCUT2D eigenvalue weighted by atomic mass is 35.5. The van der Waals surface area contributed by atoms with Crippen LogP contribution in [-0.4, -0.2) is 28.1 Å². The number of anilines is 1. The number of amides is 2. The van der Waals surface area contributed by atoms with Crippen LogP contribution in [0.4, 0.5) is 5.69 Å². The molecular weight excluding hydrogens is 379 g/mol. The van der Waals surface area contributed by atoms with Crippen LogP contribution in [-0.2, 0) is 16.1 Å². The number of aryl methyl sites for hydroxylation is 3. The Morgan fingerprint density at radius 1 is 1.12 bits per heavy atom. The molecule has 0 saturated heterocycles. The highest BCUT2D eigenvalue weighted by Crippen LogP contribution is 2.21. The molecule has 2 rings (SSSR count). The molecule has 2 amide bonds. The van der Waals surface area contributed by atoms with Crippen molar-refractivity contribution in [3.05, 3.63) is 55.4 Å². The molecule has 7 nitrogen and oxygen atoms in total. The minimum atomic E-state index is -0.676. The van der Waals surface area contributed by atoms with Gasteiger partial charge in [0.25, 0.3) is 5.56 Å². The van der Waals surface area contributed by atoms with Gasteiger partial charge in [0, 0.05) is 5.69 Å². The number of nitrogens with zero attached hydrogens (tertiary/aromatic N) is 2. The van der Waals surface area contributed by atoms with Gasteiger partial charge in [0.1, 0.15) is 11.6 Å². The summed E-state index contributed by atoms with van der Waals surface area (Å²) in [4.78, 5) is 35.8. The summed E-state index contributed by atoms with van der Waals surface area (Å²) < 4.78 is 0.871. The third-order valence-corrected chi connectivity index (χ3v) is 4.37. The van der Waals surface area contributed by atoms with E-state index in [0.717, 1.165) is 27.1 Å². The summed E-state index contributed by atoms with van der Waals surface area (Å²) in [7, 11) is 0. The Bertz CT molecular complexity index is 902. The maximum atomic E-state index is 12.1. The van der Waals surface area contributed by atoms with E-state index in [-0.39, 0.29) is 29.0 Å². The van der Waals surface area contributed by atoms with E-state index in [4.69, 9.17) is 23.2 Å². The Morgan fingerprint density at radius 2 is 1.73 bits per heavy atom. The molecule has 2 N–H and O–H groups in total. The third kappa shape index (κ3) is 4.83. The van der Waals surface area contributed by atoms with Gasteiger partial charge in [0.05, 0.1) is 17.8 Å². The second kappa shape index (κ2) is 8.33. The first kappa shape index (κ1) is 19.9. The number of hydrogen-bond acceptors (Lipinski definition) is 4. The van der Waals surface area contributed by atoms with E-state index in [1.54, 1.807) is 0 Å². The van der Waals surface area contributed by atoms with E-state index in [2.05, 4.69) is 15.7 Å². The monoisotopic (exact) mass is 396 g/mol. The lowest BCUT2D eigenvalue weighted by Gasteiger charge is -2.13. The van der Waals surface area contributed by atoms with Crippen molar-refractivity contribution < 1.29 is 9.59 Å². The van der Waals surface area contributed by atoms with Crippen LogP contribution in [0.2, 0.25) is 10.0 Å². The molecule has 0 saturated carbocycles. The lowest BCUT2D eigenvalue weighted by Crippen LogP contribution is -2.38. The van der Waals surface area contributed by atoms with Crippen molar-refractivity contribution in [2.75, 3.05) is 11.9 Å². The molecule has 0 aliphatic heterocycles. The fraction of sp³-hybridized carbons (Fsp3) is 0.294. The minimum absolute atomic E-state index is 0.0107. The molecule has 1 aromatic carbocycles. The summed E-state index contributed by atoms with van der Waals surface area (Å²) >= 11 is 11.4. The molecule has 1 heterocycles. The zero-order valence-corrected chi connectivity index (χ0v) is 16.0. The van der Waals surface area contributed by atoms with Gasteiger partial charge in [0.2, 0.25) is 11.8 Å². The molecule has 0 unspecified atom stereocenters. The number of nitrogens with one attached hydrogen (secondary N) is 2. The fourth-order valence-corrected chi connectivity index (χ4v) is 2.76. The molecule has 0 aliphatic rings. The Balaban J connectivity index is 1.95. The van der Waals surface area contributed by atoms with Crippen LogP contribution in [0.15, 0.2) is 23.1 Å². The van der Waals surface area contributed by atoms with Gasteiger partial charge >= 0.3 is 0 Å². The van der Waals surface area contributed by atoms with Gasteiger partial charge in [-0.05, 0) is 31.9 Å². The molecular formula is C17H18Cl2N4O3. The molecule has 0 atom stereocenters. The van der Waals surface area contributed by atoms with Crippen molar-refractivity contribution in [1.29, 1.82) is 0 Å². The van der Waals surface area contributed by atoms with Gasteiger partial charge in [-0.1, -0.05) is 40.9 Å². The maximum Gasteiger partial charge on any atom is 0.287 e. The van der Waals surface area contributed by atoms with Gasteiger partial charge in [-0.25, -0.2) is 4.68 Å². The number of carbonyl (C=O) groups is 2. The van der Waals surface area contributed by atoms with Crippen molar-refractivity contribution in [1.82, 2.24) is 15.1 Å². The summed E-state index contributed by atoms with van der Waals surface area (Å²) in [5.74, 6) is -0.923. The molecule has 9 heteroatoms. The summed E-state index contributed by atoms with van der Waals surface area (Å²) in [6.07, 6.45) is 1.17. The molecule has 26 heavy (non-hydrogen) atoms. The predicted octanol–water partition coefficient (Wildman–Crippen LogP) is 2.23. The van der Waals surface area contributed by atoms with Crippen molar-refractivity contribution in [3.63, 3.8) is 0 Å². The van der Waals surface area contributed by atoms with E-state index in [1.807, 2.05) is 32.9 Å². The van der Waals surface area contributed by atoms with Gasteiger partial charge in [-0.2, -0.15) is 5.10 Å². The minimum Gasteiger partial charge on any atom is -0.345 e. The average Bonchev–Trinajstić information content (AvgIpc) is 2.57. The smallest absolute Gasteiger partial charge is 0.287 e. The summed E-state index contributed by atoms with van der Waals surface area (Å²) in [6, 6.07) is 3.92. The van der Waals surface area contributed by atoms with Crippen molar-refractivity contribution in [2.24, 2.45) is 0 Å². The normalized spacial score (nSPS) is 10.5. The van der Waals surface area contributed by atoms with Crippen LogP contribution >= 0.6 is 23.2 Å². The highest BCUT2D eigenvalue weighted by molar-refractivity contribution is 6.41. The van der Waals surface area contributed by atoms with Crippen molar-refractivity contribution in [3.8, 4) is 0 Å². The lowest BCUT2D eigenvalue weighted by molar-refractivity contribution is -0.124. The number of halogens is 2. The van der Waals surface area contributed by atoms with Crippen molar-refractivity contribution in [2.45, 2.75) is 27.3 Å². The van der Waals surface area contributed by atoms with Crippen molar-refractivity contribution >= 4 is 40.7 Å². The fourth-order valence-electron chi connectivity index (χ4n) is 2.49. The summed E-state index contributed by atoms with van der Waals surface area (Å²) in [5, 5.41) is 8.74. The van der Waals surface area contributed by atoms with Crippen LogP contribution in [0, 0.1) is 20.8 Å². The van der Waals surface area contributed by atoms with E-state index in [1.165, 1.54) is 6.20 Å². The SMILES string of the molecule is Cc1cc(C)c(NC(=O)CNC(=O)Cn2ncc(Cl)c(Cl)c2=O)c(C)c1. The van der Waals surface area contributed by atoms with E-state index >= 15 is 0 Å². The molecule has 0 aliphatic carbocycles. The number of hydrogen-bond donors (Lipinski definition) is 2. The Morgan fingerprint density at radius 3 is 2.35 bits per heavy atom. The van der Waals surface area contributed by atoms with Gasteiger partial charge < -0.3 is 10.6 Å². The van der Waals surface area contributed by atoms with Crippen LogP contribution in [0.5, 0.6) is 0 Å². The topological polar surface area (TPSA) is 93.1 Å². The lowest BCUT2D eigenvalue weighted by atomic mass is 10.1. The number of carbonyl (C=O) groups excluding carboxylic acids is 2. The van der Waals surface area contributed by atoms with E-state index in [9.17, 15) is 14.4 Å². The first-order valence-electron chi connectivity index (χ1n) is 7.74. The van der Waals surface area contributed by atoms with Gasteiger partial charge in [0.15, 0.2) is 0 Å². The number of aromatic nitrogens is 2. The Labute approximate surface area is 160 Å². The second-order valence-corrected chi connectivity index (χ2v) is 6.65. The predicted molar refractivity (Wildman–Crippen MR) is 101 cm³/mol. The highest BCUT2D eigenvalue weighted by Gasteiger charge is 2.13. The average molecular weight is 397 g/mol. The third-order valence-electron chi connectivity index (χ3n) is 3.62. The molecule has 0 spiro atoms. The summed E-state index contributed by atoms with van der Waals surface area (Å²) in [5.41, 5.74) is 3.02. The Kier molecular flexibility index (Phi) is 6.39. The molecule has 2 aromatic rings. The quantitative estimate of drug-likeness (QED) is 0.809. The number of rotatable bonds is 5. The molecule has 1 aromatic heterocycles. The first-order chi connectivity index (χ1) is 12.2. The molecule has 138 valence electrons. The van der Waals surface area contributed by atoms with E-state index < -0.39 is 11.5 Å². The first-order valence-corrected chi connectivity index (χ1v) is 8.50. The van der Waals surface area contributed by atoms with E-state index in [0.29, 0.717) is 0 Å². The maximum absolute atomic E-state index is 12.1. The van der Waals surface area contributed by atoms with Gasteiger partial charge in [-0.3, -0.25) is 14.4 Å². The zero-order valence-electron chi connectivity index (χ0n) is 14.5.